The van der Waals surface area contributed by atoms with Gasteiger partial charge in [-0.05, 0) is 49.4 Å². The van der Waals surface area contributed by atoms with Gasteiger partial charge < -0.3 is 9.52 Å². The van der Waals surface area contributed by atoms with Crippen LogP contribution in [0, 0.1) is 6.92 Å². The molecule has 2 N–H and O–H groups in total. The van der Waals surface area contributed by atoms with Gasteiger partial charge in [-0.3, -0.25) is 10.1 Å². The number of rotatable bonds is 5. The molecule has 4 aromatic rings. The summed E-state index contributed by atoms with van der Waals surface area (Å²) in [7, 11) is -3.65. The van der Waals surface area contributed by atoms with Gasteiger partial charge >= 0.3 is 0 Å². The second kappa shape index (κ2) is 7.43. The highest BCUT2D eigenvalue weighted by molar-refractivity contribution is 7.91. The summed E-state index contributed by atoms with van der Waals surface area (Å²) in [5.74, 6) is -0.169. The maximum atomic E-state index is 12.9. The maximum Gasteiger partial charge on any atom is 0.293 e. The van der Waals surface area contributed by atoms with Crippen molar-refractivity contribution in [3.63, 3.8) is 0 Å². The molecule has 0 saturated carbocycles. The molecule has 9 heteroatoms. The van der Waals surface area contributed by atoms with Gasteiger partial charge in [-0.15, -0.1) is 0 Å². The highest BCUT2D eigenvalue weighted by Gasteiger charge is 2.19. The average Bonchev–Trinajstić information content (AvgIpc) is 3.34. The summed E-state index contributed by atoms with van der Waals surface area (Å²) in [6.07, 6.45) is 0. The van der Waals surface area contributed by atoms with E-state index in [1.54, 1.807) is 36.4 Å². The Morgan fingerprint density at radius 2 is 1.83 bits per heavy atom. The fourth-order valence-corrected chi connectivity index (χ4v) is 4.98. The number of furan rings is 1. The molecule has 2 aromatic carbocycles. The molecular formula is C20H16N2O5S2. The number of thiazole rings is 1. The van der Waals surface area contributed by atoms with Gasteiger partial charge in [-0.1, -0.05) is 29.0 Å². The van der Waals surface area contributed by atoms with Crippen molar-refractivity contribution in [3.05, 3.63) is 71.7 Å². The van der Waals surface area contributed by atoms with Crippen LogP contribution < -0.4 is 5.32 Å². The quantitative estimate of drug-likeness (QED) is 0.501. The van der Waals surface area contributed by atoms with Crippen LogP contribution in [0.3, 0.4) is 0 Å². The van der Waals surface area contributed by atoms with Gasteiger partial charge in [-0.25, -0.2) is 13.4 Å². The lowest BCUT2D eigenvalue weighted by Crippen LogP contribution is -2.10. The lowest BCUT2D eigenvalue weighted by molar-refractivity contribution is 0.0992. The number of sulfone groups is 1. The number of hydrogen-bond donors (Lipinski definition) is 2. The SMILES string of the molecule is Cc1ccc(S(=O)(=O)c2ccc3nc(NC(=O)c4ccc(CO)o4)sc3c2)cc1. The third-order valence-corrected chi connectivity index (χ3v) is 6.96. The van der Waals surface area contributed by atoms with Crippen LogP contribution in [-0.4, -0.2) is 24.4 Å². The summed E-state index contributed by atoms with van der Waals surface area (Å²) in [5.41, 5.74) is 1.55. The van der Waals surface area contributed by atoms with E-state index in [9.17, 15) is 13.2 Å². The zero-order valence-electron chi connectivity index (χ0n) is 15.2. The molecule has 0 unspecified atom stereocenters. The first-order chi connectivity index (χ1) is 13.9. The highest BCUT2D eigenvalue weighted by atomic mass is 32.2. The number of amides is 1. The van der Waals surface area contributed by atoms with Gasteiger partial charge in [0.25, 0.3) is 5.91 Å². The zero-order chi connectivity index (χ0) is 20.6. The molecule has 29 heavy (non-hydrogen) atoms. The van der Waals surface area contributed by atoms with Crippen LogP contribution in [0.15, 0.2) is 68.8 Å². The Kier molecular flexibility index (Phi) is 4.95. The number of anilines is 1. The third-order valence-electron chi connectivity index (χ3n) is 4.26. The molecule has 0 bridgehead atoms. The van der Waals surface area contributed by atoms with Crippen molar-refractivity contribution in [1.82, 2.24) is 4.98 Å². The first-order valence-corrected chi connectivity index (χ1v) is 10.9. The van der Waals surface area contributed by atoms with Crippen molar-refractivity contribution in [3.8, 4) is 0 Å². The average molecular weight is 428 g/mol. The number of nitrogens with one attached hydrogen (secondary N) is 1. The van der Waals surface area contributed by atoms with E-state index in [4.69, 9.17) is 9.52 Å². The molecular weight excluding hydrogens is 412 g/mol. The number of aliphatic hydroxyl groups excluding tert-OH is 1. The van der Waals surface area contributed by atoms with E-state index in [1.165, 1.54) is 18.2 Å². The Morgan fingerprint density at radius 3 is 2.52 bits per heavy atom. The minimum absolute atomic E-state index is 0.0518. The number of nitrogens with zero attached hydrogens (tertiary/aromatic N) is 1. The van der Waals surface area contributed by atoms with Gasteiger partial charge in [0.05, 0.1) is 20.0 Å². The molecule has 0 atom stereocenters. The van der Waals surface area contributed by atoms with Crippen LogP contribution in [0.1, 0.15) is 21.9 Å². The zero-order valence-corrected chi connectivity index (χ0v) is 16.9. The second-order valence-corrected chi connectivity index (χ2v) is 9.32. The fraction of sp³-hybridized carbons (Fsp3) is 0.100. The van der Waals surface area contributed by atoms with E-state index in [0.717, 1.165) is 16.9 Å². The van der Waals surface area contributed by atoms with Gasteiger partial charge in [0.1, 0.15) is 12.4 Å². The summed E-state index contributed by atoms with van der Waals surface area (Å²) in [5, 5.41) is 12.0. The summed E-state index contributed by atoms with van der Waals surface area (Å²) in [6, 6.07) is 14.3. The Labute approximate surface area is 170 Å². The van der Waals surface area contributed by atoms with Crippen molar-refractivity contribution in [1.29, 1.82) is 0 Å². The highest BCUT2D eigenvalue weighted by Crippen LogP contribution is 2.30. The van der Waals surface area contributed by atoms with Crippen molar-refractivity contribution in [2.75, 3.05) is 5.32 Å². The van der Waals surface area contributed by atoms with Gasteiger partial charge in [0, 0.05) is 0 Å². The summed E-state index contributed by atoms with van der Waals surface area (Å²) < 4.78 is 31.6. The number of carbonyl (C=O) groups is 1. The molecule has 1 amide bonds. The number of aromatic nitrogens is 1. The van der Waals surface area contributed by atoms with Crippen molar-refractivity contribution in [2.45, 2.75) is 23.3 Å². The van der Waals surface area contributed by atoms with Gasteiger partial charge in [-0.2, -0.15) is 0 Å². The summed E-state index contributed by atoms with van der Waals surface area (Å²) in [4.78, 5) is 16.9. The van der Waals surface area contributed by atoms with Crippen molar-refractivity contribution in [2.24, 2.45) is 0 Å². The third kappa shape index (κ3) is 3.80. The largest absolute Gasteiger partial charge is 0.453 e. The lowest BCUT2D eigenvalue weighted by Gasteiger charge is -2.05. The monoisotopic (exact) mass is 428 g/mol. The van der Waals surface area contributed by atoms with Gasteiger partial charge in [0.2, 0.25) is 9.84 Å². The van der Waals surface area contributed by atoms with Crippen LogP contribution in [-0.2, 0) is 16.4 Å². The van der Waals surface area contributed by atoms with E-state index in [-0.39, 0.29) is 27.9 Å². The number of carbonyl (C=O) groups excluding carboxylic acids is 1. The molecule has 0 aliphatic carbocycles. The van der Waals surface area contributed by atoms with E-state index in [2.05, 4.69) is 10.3 Å². The second-order valence-electron chi connectivity index (χ2n) is 6.34. The van der Waals surface area contributed by atoms with E-state index < -0.39 is 15.7 Å². The molecule has 7 nitrogen and oxygen atoms in total. The van der Waals surface area contributed by atoms with E-state index in [1.807, 2.05) is 6.92 Å². The number of benzene rings is 2. The predicted molar refractivity (Wildman–Crippen MR) is 109 cm³/mol. The normalized spacial score (nSPS) is 11.7. The minimum atomic E-state index is -3.65. The van der Waals surface area contributed by atoms with Crippen molar-refractivity contribution < 1.29 is 22.7 Å². The fourth-order valence-electron chi connectivity index (χ4n) is 2.72. The topological polar surface area (TPSA) is 110 Å². The number of aliphatic hydroxyl groups is 1. The first kappa shape index (κ1) is 19.3. The summed E-state index contributed by atoms with van der Waals surface area (Å²) >= 11 is 1.16. The van der Waals surface area contributed by atoms with E-state index in [0.29, 0.717) is 15.3 Å². The molecule has 148 valence electrons. The molecule has 0 saturated heterocycles. The molecule has 2 heterocycles. The molecule has 4 rings (SSSR count). The Hall–Kier alpha value is -3.01. The first-order valence-electron chi connectivity index (χ1n) is 8.60. The van der Waals surface area contributed by atoms with Crippen LogP contribution >= 0.6 is 11.3 Å². The molecule has 2 aromatic heterocycles. The molecule has 0 fully saturated rings. The maximum absolute atomic E-state index is 12.9. The van der Waals surface area contributed by atoms with Gasteiger partial charge in [0.15, 0.2) is 10.9 Å². The van der Waals surface area contributed by atoms with Crippen LogP contribution in [0.4, 0.5) is 5.13 Å². The Morgan fingerprint density at radius 1 is 1.10 bits per heavy atom. The van der Waals surface area contributed by atoms with Crippen molar-refractivity contribution >= 4 is 42.4 Å². The minimum Gasteiger partial charge on any atom is -0.453 e. The number of hydrogen-bond acceptors (Lipinski definition) is 7. The van der Waals surface area contributed by atoms with Crippen LogP contribution in [0.5, 0.6) is 0 Å². The molecule has 0 aliphatic heterocycles. The Bertz CT molecular complexity index is 1300. The predicted octanol–water partition coefficient (Wildman–Crippen LogP) is 3.78. The standard InChI is InChI=1S/C20H16N2O5S2/c1-12-2-5-14(6-3-12)29(25,26)15-7-8-16-18(10-15)28-20(21-16)22-19(24)17-9-4-13(11-23)27-17/h2-10,23H,11H2,1H3,(H,21,22,24). The smallest absolute Gasteiger partial charge is 0.293 e. The number of fused-ring (bicyclic) bond motifs is 1. The lowest BCUT2D eigenvalue weighted by atomic mass is 10.2. The molecule has 0 radical (unpaired) electrons. The van der Waals surface area contributed by atoms with Crippen LogP contribution in [0.25, 0.3) is 10.2 Å². The van der Waals surface area contributed by atoms with E-state index >= 15 is 0 Å². The molecule has 0 spiro atoms. The Balaban J connectivity index is 1.62. The number of aryl methyl sites for hydroxylation is 1. The molecule has 0 aliphatic rings. The van der Waals surface area contributed by atoms with Crippen LogP contribution in [0.2, 0.25) is 0 Å². The summed E-state index contributed by atoms with van der Waals surface area (Å²) in [6.45, 7) is 1.59.